The average Bonchev–Trinajstić information content (AvgIpc) is 2.26. The monoisotopic (exact) mass is 233 g/mol. The van der Waals surface area contributed by atoms with Crippen LogP contribution in [0.5, 0.6) is 0 Å². The summed E-state index contributed by atoms with van der Waals surface area (Å²) >= 11 is 0. The topological polar surface area (TPSA) is 49.3 Å². The van der Waals surface area contributed by atoms with Gasteiger partial charge in [0.15, 0.2) is 0 Å². The predicted octanol–water partition coefficient (Wildman–Crippen LogP) is 1.98. The molecule has 0 saturated heterocycles. The number of aliphatic hydroxyl groups is 1. The van der Waals surface area contributed by atoms with E-state index in [0.29, 0.717) is 6.42 Å². The molecule has 3 heteroatoms. The first-order chi connectivity index (χ1) is 8.08. The number of carbonyl (C=O) groups is 1. The van der Waals surface area contributed by atoms with Gasteiger partial charge in [-0.2, -0.15) is 0 Å². The molecule has 1 rings (SSSR count). The molecule has 0 aromatic heterocycles. The smallest absolute Gasteiger partial charge is 0.244 e. The number of carbonyl (C=O) groups excluding carboxylic acids is 1. The number of hydrogen-bond acceptors (Lipinski definition) is 2. The zero-order valence-corrected chi connectivity index (χ0v) is 10.3. The molecule has 17 heavy (non-hydrogen) atoms. The third kappa shape index (κ3) is 5.88. The first-order valence-electron chi connectivity index (χ1n) is 5.79. The lowest BCUT2D eigenvalue weighted by Crippen LogP contribution is -2.33. The lowest BCUT2D eigenvalue weighted by molar-refractivity contribution is -0.117. The minimum absolute atomic E-state index is 0.0251. The summed E-state index contributed by atoms with van der Waals surface area (Å²) in [7, 11) is 0. The average molecular weight is 233 g/mol. The van der Waals surface area contributed by atoms with E-state index in [1.165, 1.54) is 6.08 Å². The van der Waals surface area contributed by atoms with Crippen molar-refractivity contribution >= 4 is 12.0 Å². The van der Waals surface area contributed by atoms with Crippen LogP contribution in [-0.4, -0.2) is 23.2 Å². The SMILES string of the molecule is CC(O)CC(C)NC(=O)/C=C/c1ccccc1. The highest BCUT2D eigenvalue weighted by Gasteiger charge is 2.07. The van der Waals surface area contributed by atoms with Crippen molar-refractivity contribution in [2.24, 2.45) is 0 Å². The van der Waals surface area contributed by atoms with Gasteiger partial charge in [0.1, 0.15) is 0 Å². The lowest BCUT2D eigenvalue weighted by atomic mass is 10.1. The van der Waals surface area contributed by atoms with Crippen molar-refractivity contribution < 1.29 is 9.90 Å². The summed E-state index contributed by atoms with van der Waals surface area (Å²) < 4.78 is 0. The van der Waals surface area contributed by atoms with Gasteiger partial charge >= 0.3 is 0 Å². The Morgan fingerprint density at radius 1 is 1.35 bits per heavy atom. The Hall–Kier alpha value is -1.61. The van der Waals surface area contributed by atoms with Crippen molar-refractivity contribution in [2.45, 2.75) is 32.4 Å². The molecule has 1 amide bonds. The molecular weight excluding hydrogens is 214 g/mol. The molecule has 0 aliphatic heterocycles. The number of hydrogen-bond donors (Lipinski definition) is 2. The van der Waals surface area contributed by atoms with E-state index in [4.69, 9.17) is 0 Å². The zero-order valence-electron chi connectivity index (χ0n) is 10.3. The molecule has 2 unspecified atom stereocenters. The maximum Gasteiger partial charge on any atom is 0.244 e. The molecule has 2 N–H and O–H groups in total. The van der Waals surface area contributed by atoms with Crippen molar-refractivity contribution in [1.82, 2.24) is 5.32 Å². The molecule has 92 valence electrons. The van der Waals surface area contributed by atoms with Crippen LogP contribution in [0.3, 0.4) is 0 Å². The molecular formula is C14H19NO2. The zero-order chi connectivity index (χ0) is 12.7. The van der Waals surface area contributed by atoms with Crippen molar-refractivity contribution in [3.63, 3.8) is 0 Å². The van der Waals surface area contributed by atoms with Gasteiger partial charge in [0, 0.05) is 12.1 Å². The van der Waals surface area contributed by atoms with E-state index in [-0.39, 0.29) is 11.9 Å². The van der Waals surface area contributed by atoms with Gasteiger partial charge in [-0.05, 0) is 31.9 Å². The first kappa shape index (κ1) is 13.5. The molecule has 1 aromatic rings. The van der Waals surface area contributed by atoms with E-state index in [0.717, 1.165) is 5.56 Å². The second-order valence-corrected chi connectivity index (χ2v) is 4.24. The minimum Gasteiger partial charge on any atom is -0.393 e. The number of aliphatic hydroxyl groups excluding tert-OH is 1. The second-order valence-electron chi connectivity index (χ2n) is 4.24. The van der Waals surface area contributed by atoms with Crippen molar-refractivity contribution in [3.05, 3.63) is 42.0 Å². The van der Waals surface area contributed by atoms with Gasteiger partial charge in [-0.25, -0.2) is 0 Å². The number of amides is 1. The molecule has 0 bridgehead atoms. The van der Waals surface area contributed by atoms with Crippen molar-refractivity contribution in [1.29, 1.82) is 0 Å². The Morgan fingerprint density at radius 3 is 2.59 bits per heavy atom. The Balaban J connectivity index is 2.42. The standard InChI is InChI=1S/C14H19NO2/c1-11(10-12(2)16)15-14(17)9-8-13-6-4-3-5-7-13/h3-9,11-12,16H,10H2,1-2H3,(H,15,17)/b9-8+. The summed E-state index contributed by atoms with van der Waals surface area (Å²) in [6.07, 6.45) is 3.44. The molecule has 3 nitrogen and oxygen atoms in total. The van der Waals surface area contributed by atoms with E-state index in [2.05, 4.69) is 5.32 Å². The third-order valence-electron chi connectivity index (χ3n) is 2.31. The fourth-order valence-corrected chi connectivity index (χ4v) is 1.60. The van der Waals surface area contributed by atoms with Crippen molar-refractivity contribution in [2.75, 3.05) is 0 Å². The molecule has 0 fully saturated rings. The van der Waals surface area contributed by atoms with E-state index in [1.54, 1.807) is 13.0 Å². The Kier molecular flexibility index (Phi) is 5.43. The maximum atomic E-state index is 11.5. The third-order valence-corrected chi connectivity index (χ3v) is 2.31. The molecule has 0 spiro atoms. The quantitative estimate of drug-likeness (QED) is 0.764. The van der Waals surface area contributed by atoms with Crippen LogP contribution < -0.4 is 5.32 Å². The molecule has 0 heterocycles. The van der Waals surface area contributed by atoms with Gasteiger partial charge in [-0.1, -0.05) is 30.3 Å². The fourth-order valence-electron chi connectivity index (χ4n) is 1.60. The Labute approximate surface area is 102 Å². The molecule has 0 aliphatic rings. The van der Waals surface area contributed by atoms with Crippen LogP contribution in [0, 0.1) is 0 Å². The van der Waals surface area contributed by atoms with Crippen LogP contribution in [0.4, 0.5) is 0 Å². The second kappa shape index (κ2) is 6.86. The van der Waals surface area contributed by atoms with Crippen molar-refractivity contribution in [3.8, 4) is 0 Å². The van der Waals surface area contributed by atoms with Gasteiger partial charge < -0.3 is 10.4 Å². The normalized spacial score (nSPS) is 14.5. The van der Waals surface area contributed by atoms with E-state index in [9.17, 15) is 9.90 Å². The summed E-state index contributed by atoms with van der Waals surface area (Å²) in [6, 6.07) is 9.62. The van der Waals surface area contributed by atoms with Gasteiger partial charge in [-0.15, -0.1) is 0 Å². The molecule has 1 aromatic carbocycles. The molecule has 2 atom stereocenters. The number of rotatable bonds is 5. The van der Waals surface area contributed by atoms with Gasteiger partial charge in [0.05, 0.1) is 6.10 Å². The van der Waals surface area contributed by atoms with Crippen LogP contribution in [0.2, 0.25) is 0 Å². The predicted molar refractivity (Wildman–Crippen MR) is 69.4 cm³/mol. The Morgan fingerprint density at radius 2 is 2.00 bits per heavy atom. The summed E-state index contributed by atoms with van der Waals surface area (Å²) in [6.45, 7) is 3.59. The Bertz CT molecular complexity index is 371. The van der Waals surface area contributed by atoms with E-state index in [1.807, 2.05) is 37.3 Å². The summed E-state index contributed by atoms with van der Waals surface area (Å²) in [5.41, 5.74) is 0.992. The summed E-state index contributed by atoms with van der Waals surface area (Å²) in [5, 5.41) is 12.0. The number of benzene rings is 1. The lowest BCUT2D eigenvalue weighted by Gasteiger charge is -2.13. The van der Waals surface area contributed by atoms with Crippen LogP contribution in [0.25, 0.3) is 6.08 Å². The van der Waals surface area contributed by atoms with Crippen LogP contribution in [-0.2, 0) is 4.79 Å². The van der Waals surface area contributed by atoms with Gasteiger partial charge in [-0.3, -0.25) is 4.79 Å². The maximum absolute atomic E-state index is 11.5. The van der Waals surface area contributed by atoms with E-state index >= 15 is 0 Å². The highest BCUT2D eigenvalue weighted by Crippen LogP contribution is 2.01. The van der Waals surface area contributed by atoms with Gasteiger partial charge in [0.25, 0.3) is 0 Å². The van der Waals surface area contributed by atoms with Crippen LogP contribution in [0.15, 0.2) is 36.4 Å². The largest absolute Gasteiger partial charge is 0.393 e. The molecule has 0 saturated carbocycles. The van der Waals surface area contributed by atoms with E-state index < -0.39 is 6.10 Å². The molecule has 0 aliphatic carbocycles. The summed E-state index contributed by atoms with van der Waals surface area (Å²) in [4.78, 5) is 11.5. The van der Waals surface area contributed by atoms with Crippen LogP contribution >= 0.6 is 0 Å². The highest BCUT2D eigenvalue weighted by atomic mass is 16.3. The highest BCUT2D eigenvalue weighted by molar-refractivity contribution is 5.91. The van der Waals surface area contributed by atoms with Crippen LogP contribution in [0.1, 0.15) is 25.8 Å². The van der Waals surface area contributed by atoms with Gasteiger partial charge in [0.2, 0.25) is 5.91 Å². The summed E-state index contributed by atoms with van der Waals surface area (Å²) in [5.74, 6) is -0.137. The first-order valence-corrected chi connectivity index (χ1v) is 5.79. The molecule has 0 radical (unpaired) electrons. The minimum atomic E-state index is -0.400. The fraction of sp³-hybridized carbons (Fsp3) is 0.357. The number of nitrogens with one attached hydrogen (secondary N) is 1.